The highest BCUT2D eigenvalue weighted by Crippen LogP contribution is 2.01. The van der Waals surface area contributed by atoms with Crippen LogP contribution in [0.15, 0.2) is 12.7 Å². The summed E-state index contributed by atoms with van der Waals surface area (Å²) in [5.74, 6) is 0.178. The molecular weight excluding hydrogens is 128 g/mol. The number of carbonyl (C=O) groups is 1. The Hall–Kier alpha value is -0.790. The van der Waals surface area contributed by atoms with E-state index in [0.29, 0.717) is 12.5 Å². The van der Waals surface area contributed by atoms with Gasteiger partial charge in [0.2, 0.25) is 0 Å². The molecule has 10 heavy (non-hydrogen) atoms. The summed E-state index contributed by atoms with van der Waals surface area (Å²) in [5.41, 5.74) is 0. The zero-order valence-corrected chi connectivity index (χ0v) is 6.59. The third-order valence-corrected chi connectivity index (χ3v) is 1.14. The minimum absolute atomic E-state index is 0.212. The SMILES string of the molecule is C=CCC(C)COC(C)=O. The molecular formula is C8H14O2. The van der Waals surface area contributed by atoms with Crippen molar-refractivity contribution in [2.45, 2.75) is 20.3 Å². The van der Waals surface area contributed by atoms with Crippen molar-refractivity contribution in [3.8, 4) is 0 Å². The first-order chi connectivity index (χ1) is 4.66. The molecule has 0 saturated carbocycles. The Morgan fingerprint density at radius 1 is 1.80 bits per heavy atom. The maximum Gasteiger partial charge on any atom is 0.302 e. The van der Waals surface area contributed by atoms with Crippen LogP contribution in [0.25, 0.3) is 0 Å². The van der Waals surface area contributed by atoms with E-state index >= 15 is 0 Å². The van der Waals surface area contributed by atoms with E-state index in [9.17, 15) is 4.79 Å². The molecule has 0 aromatic rings. The van der Waals surface area contributed by atoms with Crippen LogP contribution in [-0.4, -0.2) is 12.6 Å². The van der Waals surface area contributed by atoms with Crippen molar-refractivity contribution < 1.29 is 9.53 Å². The first kappa shape index (κ1) is 9.21. The highest BCUT2D eigenvalue weighted by atomic mass is 16.5. The molecule has 0 aliphatic heterocycles. The fourth-order valence-electron chi connectivity index (χ4n) is 0.612. The fraction of sp³-hybridized carbons (Fsp3) is 0.625. The molecule has 0 amide bonds. The van der Waals surface area contributed by atoms with Gasteiger partial charge in [-0.3, -0.25) is 4.79 Å². The van der Waals surface area contributed by atoms with Gasteiger partial charge in [0, 0.05) is 6.92 Å². The number of rotatable bonds is 4. The molecule has 0 bridgehead atoms. The first-order valence-electron chi connectivity index (χ1n) is 3.41. The summed E-state index contributed by atoms with van der Waals surface area (Å²) >= 11 is 0. The van der Waals surface area contributed by atoms with Gasteiger partial charge in [0.1, 0.15) is 0 Å². The molecule has 58 valence electrons. The molecule has 0 rings (SSSR count). The van der Waals surface area contributed by atoms with Crippen molar-refractivity contribution in [2.75, 3.05) is 6.61 Å². The van der Waals surface area contributed by atoms with Crippen LogP contribution in [0.1, 0.15) is 20.3 Å². The second-order valence-electron chi connectivity index (χ2n) is 2.43. The summed E-state index contributed by atoms with van der Waals surface area (Å²) in [6, 6.07) is 0. The minimum Gasteiger partial charge on any atom is -0.466 e. The number of ether oxygens (including phenoxy) is 1. The Morgan fingerprint density at radius 2 is 2.40 bits per heavy atom. The van der Waals surface area contributed by atoms with E-state index in [1.54, 1.807) is 0 Å². The summed E-state index contributed by atoms with van der Waals surface area (Å²) in [6.07, 6.45) is 2.72. The Bertz CT molecular complexity index is 118. The Morgan fingerprint density at radius 3 is 2.80 bits per heavy atom. The first-order valence-corrected chi connectivity index (χ1v) is 3.41. The lowest BCUT2D eigenvalue weighted by atomic mass is 10.1. The maximum absolute atomic E-state index is 10.3. The quantitative estimate of drug-likeness (QED) is 0.441. The van der Waals surface area contributed by atoms with E-state index in [0.717, 1.165) is 6.42 Å². The smallest absolute Gasteiger partial charge is 0.302 e. The van der Waals surface area contributed by atoms with Crippen molar-refractivity contribution in [3.05, 3.63) is 12.7 Å². The van der Waals surface area contributed by atoms with E-state index in [1.165, 1.54) is 6.92 Å². The monoisotopic (exact) mass is 142 g/mol. The number of hydrogen-bond donors (Lipinski definition) is 0. The highest BCUT2D eigenvalue weighted by Gasteiger charge is 2.00. The summed E-state index contributed by atoms with van der Waals surface area (Å²) in [6.45, 7) is 7.52. The van der Waals surface area contributed by atoms with Crippen LogP contribution < -0.4 is 0 Å². The number of esters is 1. The van der Waals surface area contributed by atoms with Gasteiger partial charge < -0.3 is 4.74 Å². The van der Waals surface area contributed by atoms with Crippen LogP contribution in [0.4, 0.5) is 0 Å². The van der Waals surface area contributed by atoms with Gasteiger partial charge in [-0.2, -0.15) is 0 Å². The van der Waals surface area contributed by atoms with Gasteiger partial charge in [0.05, 0.1) is 6.61 Å². The third-order valence-electron chi connectivity index (χ3n) is 1.14. The molecule has 0 spiro atoms. The van der Waals surface area contributed by atoms with Crippen LogP contribution in [0.5, 0.6) is 0 Å². The van der Waals surface area contributed by atoms with E-state index < -0.39 is 0 Å². The predicted molar refractivity (Wildman–Crippen MR) is 40.6 cm³/mol. The average molecular weight is 142 g/mol. The number of allylic oxidation sites excluding steroid dienone is 1. The predicted octanol–water partition coefficient (Wildman–Crippen LogP) is 1.76. The molecule has 0 aromatic heterocycles. The van der Waals surface area contributed by atoms with E-state index in [4.69, 9.17) is 4.74 Å². The minimum atomic E-state index is -0.212. The van der Waals surface area contributed by atoms with Crippen LogP contribution in [0.2, 0.25) is 0 Å². The Labute approximate surface area is 61.9 Å². The van der Waals surface area contributed by atoms with Crippen molar-refractivity contribution in [1.29, 1.82) is 0 Å². The molecule has 0 N–H and O–H groups in total. The molecule has 2 nitrogen and oxygen atoms in total. The summed E-state index contributed by atoms with van der Waals surface area (Å²) in [7, 11) is 0. The van der Waals surface area contributed by atoms with Gasteiger partial charge >= 0.3 is 5.97 Å². The van der Waals surface area contributed by atoms with Crippen LogP contribution in [-0.2, 0) is 9.53 Å². The molecule has 0 heterocycles. The van der Waals surface area contributed by atoms with Gasteiger partial charge in [-0.1, -0.05) is 13.0 Å². The molecule has 0 fully saturated rings. The molecule has 1 unspecified atom stereocenters. The Kier molecular flexibility index (Phi) is 4.63. The van der Waals surface area contributed by atoms with Crippen molar-refractivity contribution >= 4 is 5.97 Å². The lowest BCUT2D eigenvalue weighted by Gasteiger charge is -2.07. The molecule has 1 atom stereocenters. The summed E-state index contributed by atoms with van der Waals surface area (Å²) in [4.78, 5) is 10.3. The van der Waals surface area contributed by atoms with Crippen LogP contribution in [0.3, 0.4) is 0 Å². The molecule has 0 aliphatic carbocycles. The van der Waals surface area contributed by atoms with Crippen molar-refractivity contribution in [2.24, 2.45) is 5.92 Å². The zero-order chi connectivity index (χ0) is 7.98. The average Bonchev–Trinajstić information content (AvgIpc) is 1.85. The molecule has 0 radical (unpaired) electrons. The topological polar surface area (TPSA) is 26.3 Å². The normalized spacial score (nSPS) is 12.2. The Balaban J connectivity index is 3.29. The second-order valence-corrected chi connectivity index (χ2v) is 2.43. The standard InChI is InChI=1S/C8H14O2/c1-4-5-7(2)6-10-8(3)9/h4,7H,1,5-6H2,2-3H3. The second kappa shape index (κ2) is 5.03. The highest BCUT2D eigenvalue weighted by molar-refractivity contribution is 5.65. The van der Waals surface area contributed by atoms with E-state index in [-0.39, 0.29) is 5.97 Å². The molecule has 0 aliphatic rings. The van der Waals surface area contributed by atoms with Crippen molar-refractivity contribution in [1.82, 2.24) is 0 Å². The lowest BCUT2D eigenvalue weighted by Crippen LogP contribution is -2.08. The van der Waals surface area contributed by atoms with Crippen LogP contribution >= 0.6 is 0 Å². The summed E-state index contributed by atoms with van der Waals surface area (Å²) < 4.78 is 4.77. The molecule has 0 aromatic carbocycles. The van der Waals surface area contributed by atoms with Gasteiger partial charge in [-0.25, -0.2) is 0 Å². The summed E-state index contributed by atoms with van der Waals surface area (Å²) in [5, 5.41) is 0. The van der Waals surface area contributed by atoms with Crippen molar-refractivity contribution in [3.63, 3.8) is 0 Å². The van der Waals surface area contributed by atoms with Gasteiger partial charge in [0.25, 0.3) is 0 Å². The van der Waals surface area contributed by atoms with E-state index in [1.807, 2.05) is 13.0 Å². The molecule has 0 saturated heterocycles. The number of hydrogen-bond acceptors (Lipinski definition) is 2. The lowest BCUT2D eigenvalue weighted by molar-refractivity contribution is -0.142. The van der Waals surface area contributed by atoms with Gasteiger partial charge in [0.15, 0.2) is 0 Å². The number of carbonyl (C=O) groups excluding carboxylic acids is 1. The van der Waals surface area contributed by atoms with Gasteiger partial charge in [-0.05, 0) is 12.3 Å². The van der Waals surface area contributed by atoms with Gasteiger partial charge in [-0.15, -0.1) is 6.58 Å². The molecule has 2 heteroatoms. The van der Waals surface area contributed by atoms with E-state index in [2.05, 4.69) is 6.58 Å². The fourth-order valence-corrected chi connectivity index (χ4v) is 0.612. The third kappa shape index (κ3) is 5.35. The largest absolute Gasteiger partial charge is 0.466 e. The zero-order valence-electron chi connectivity index (χ0n) is 6.59. The van der Waals surface area contributed by atoms with Crippen LogP contribution in [0, 0.1) is 5.92 Å². The maximum atomic E-state index is 10.3.